The van der Waals surface area contributed by atoms with Gasteiger partial charge in [0.1, 0.15) is 0 Å². The average Bonchev–Trinajstić information content (AvgIpc) is 2.43. The maximum absolute atomic E-state index is 10.3. The van der Waals surface area contributed by atoms with Crippen LogP contribution in [0.4, 0.5) is 0 Å². The number of aliphatic hydroxyl groups is 1. The van der Waals surface area contributed by atoms with Gasteiger partial charge in [-0.15, -0.1) is 0 Å². The zero-order valence-corrected chi connectivity index (χ0v) is 12.9. The SMILES string of the molecule is [O]CCCCCCCCCCCCCCCCCO. The fourth-order valence-electron chi connectivity index (χ4n) is 2.51. The standard InChI is InChI=1S/C17H35O2/c18-16-14-12-10-8-6-4-2-1-3-5-7-9-11-13-15-17-19/h18H,1-17H2. The normalized spacial score (nSPS) is 11.1. The van der Waals surface area contributed by atoms with E-state index in [1.54, 1.807) is 0 Å². The van der Waals surface area contributed by atoms with E-state index in [2.05, 4.69) is 0 Å². The van der Waals surface area contributed by atoms with Crippen LogP contribution in [0, 0.1) is 0 Å². The molecule has 0 bridgehead atoms. The van der Waals surface area contributed by atoms with Crippen molar-refractivity contribution in [2.75, 3.05) is 13.2 Å². The van der Waals surface area contributed by atoms with Crippen LogP contribution in [0.2, 0.25) is 0 Å². The Kier molecular flexibility index (Phi) is 17.8. The molecule has 0 saturated carbocycles. The molecule has 0 aliphatic rings. The number of hydrogen-bond acceptors (Lipinski definition) is 1. The summed E-state index contributed by atoms with van der Waals surface area (Å²) in [5, 5.41) is 18.9. The van der Waals surface area contributed by atoms with E-state index in [4.69, 9.17) is 5.11 Å². The molecule has 19 heavy (non-hydrogen) atoms. The van der Waals surface area contributed by atoms with Crippen LogP contribution in [0.15, 0.2) is 0 Å². The van der Waals surface area contributed by atoms with Crippen LogP contribution in [0.25, 0.3) is 0 Å². The van der Waals surface area contributed by atoms with Gasteiger partial charge in [0.2, 0.25) is 0 Å². The molecule has 1 radical (unpaired) electrons. The Morgan fingerprint density at radius 2 is 0.684 bits per heavy atom. The maximum Gasteiger partial charge on any atom is 0.0822 e. The van der Waals surface area contributed by atoms with Crippen LogP contribution < -0.4 is 0 Å². The molecule has 0 aliphatic carbocycles. The zero-order chi connectivity index (χ0) is 14.0. The van der Waals surface area contributed by atoms with Crippen molar-refractivity contribution in [1.29, 1.82) is 0 Å². The first kappa shape index (κ1) is 18.9. The van der Waals surface area contributed by atoms with Crippen LogP contribution in [0.3, 0.4) is 0 Å². The minimum absolute atomic E-state index is 0.111. The Morgan fingerprint density at radius 1 is 0.421 bits per heavy atom. The molecule has 0 fully saturated rings. The molecule has 2 heteroatoms. The van der Waals surface area contributed by atoms with Crippen LogP contribution in [-0.4, -0.2) is 18.3 Å². The van der Waals surface area contributed by atoms with Gasteiger partial charge in [0.15, 0.2) is 0 Å². The highest BCUT2D eigenvalue weighted by atomic mass is 16.3. The van der Waals surface area contributed by atoms with Gasteiger partial charge in [-0.1, -0.05) is 83.5 Å². The predicted molar refractivity (Wildman–Crippen MR) is 81.9 cm³/mol. The highest BCUT2D eigenvalue weighted by Crippen LogP contribution is 2.13. The molecule has 0 heterocycles. The lowest BCUT2D eigenvalue weighted by atomic mass is 10.0. The quantitative estimate of drug-likeness (QED) is 0.382. The zero-order valence-electron chi connectivity index (χ0n) is 12.9. The smallest absolute Gasteiger partial charge is 0.0822 e. The molecule has 1 N–H and O–H groups in total. The topological polar surface area (TPSA) is 40.1 Å². The Balaban J connectivity index is 2.88. The number of hydrogen-bond donors (Lipinski definition) is 1. The van der Waals surface area contributed by atoms with E-state index in [0.29, 0.717) is 6.61 Å². The van der Waals surface area contributed by atoms with Crippen molar-refractivity contribution in [2.24, 2.45) is 0 Å². The summed E-state index contributed by atoms with van der Waals surface area (Å²) in [7, 11) is 0. The van der Waals surface area contributed by atoms with Gasteiger partial charge in [-0.05, 0) is 12.8 Å². The fourth-order valence-corrected chi connectivity index (χ4v) is 2.51. The fraction of sp³-hybridized carbons (Fsp3) is 1.00. The Bertz CT molecular complexity index is 132. The third kappa shape index (κ3) is 17.9. The van der Waals surface area contributed by atoms with Crippen molar-refractivity contribution in [2.45, 2.75) is 96.3 Å². The van der Waals surface area contributed by atoms with E-state index in [1.807, 2.05) is 0 Å². The molecular weight excluding hydrogens is 236 g/mol. The molecule has 0 saturated heterocycles. The molecule has 0 aromatic carbocycles. The first-order valence-corrected chi connectivity index (χ1v) is 8.60. The van der Waals surface area contributed by atoms with Gasteiger partial charge in [0, 0.05) is 6.61 Å². The van der Waals surface area contributed by atoms with Gasteiger partial charge >= 0.3 is 0 Å². The third-order valence-corrected chi connectivity index (χ3v) is 3.80. The molecule has 0 atom stereocenters. The summed E-state index contributed by atoms with van der Waals surface area (Å²) >= 11 is 0. The molecule has 0 aliphatic heterocycles. The minimum atomic E-state index is 0.111. The summed E-state index contributed by atoms with van der Waals surface area (Å²) in [5.74, 6) is 0. The molecule has 115 valence electrons. The van der Waals surface area contributed by atoms with Crippen LogP contribution in [0.1, 0.15) is 96.3 Å². The monoisotopic (exact) mass is 271 g/mol. The Labute approximate surface area is 120 Å². The van der Waals surface area contributed by atoms with Gasteiger partial charge in [-0.3, -0.25) is 0 Å². The van der Waals surface area contributed by atoms with E-state index in [9.17, 15) is 5.11 Å². The molecule has 0 amide bonds. The summed E-state index contributed by atoms with van der Waals surface area (Å²) in [6.07, 6.45) is 19.1. The third-order valence-electron chi connectivity index (χ3n) is 3.80. The van der Waals surface area contributed by atoms with E-state index < -0.39 is 0 Å². The van der Waals surface area contributed by atoms with Gasteiger partial charge in [-0.25, -0.2) is 5.11 Å². The maximum atomic E-state index is 10.3. The molecule has 0 aromatic heterocycles. The molecule has 0 rings (SSSR count). The summed E-state index contributed by atoms with van der Waals surface area (Å²) < 4.78 is 0. The van der Waals surface area contributed by atoms with E-state index in [-0.39, 0.29) is 6.61 Å². The van der Waals surface area contributed by atoms with Crippen molar-refractivity contribution < 1.29 is 10.2 Å². The largest absolute Gasteiger partial charge is 0.396 e. The Hall–Kier alpha value is -0.0800. The van der Waals surface area contributed by atoms with E-state index in [0.717, 1.165) is 19.3 Å². The molecule has 0 unspecified atom stereocenters. The lowest BCUT2D eigenvalue weighted by molar-refractivity contribution is 0.186. The first-order valence-electron chi connectivity index (χ1n) is 8.60. The van der Waals surface area contributed by atoms with Crippen molar-refractivity contribution >= 4 is 0 Å². The average molecular weight is 271 g/mol. The van der Waals surface area contributed by atoms with E-state index in [1.165, 1.54) is 77.0 Å². The summed E-state index contributed by atoms with van der Waals surface area (Å²) in [4.78, 5) is 0. The second kappa shape index (κ2) is 17.9. The lowest BCUT2D eigenvalue weighted by Gasteiger charge is -2.03. The number of rotatable bonds is 16. The van der Waals surface area contributed by atoms with Gasteiger partial charge in [-0.2, -0.15) is 0 Å². The van der Waals surface area contributed by atoms with Crippen molar-refractivity contribution in [3.8, 4) is 0 Å². The summed E-state index contributed by atoms with van der Waals surface area (Å²) in [6, 6.07) is 0. The molecule has 2 nitrogen and oxygen atoms in total. The van der Waals surface area contributed by atoms with Crippen LogP contribution in [-0.2, 0) is 5.11 Å². The summed E-state index contributed by atoms with van der Waals surface area (Å²) in [5.41, 5.74) is 0. The molecular formula is C17H35O2. The van der Waals surface area contributed by atoms with Crippen LogP contribution >= 0.6 is 0 Å². The van der Waals surface area contributed by atoms with Crippen molar-refractivity contribution in [3.05, 3.63) is 0 Å². The number of aliphatic hydroxyl groups excluding tert-OH is 1. The molecule has 0 aromatic rings. The van der Waals surface area contributed by atoms with Crippen LogP contribution in [0.5, 0.6) is 0 Å². The highest BCUT2D eigenvalue weighted by Gasteiger charge is 1.94. The molecule has 0 spiro atoms. The second-order valence-corrected chi connectivity index (χ2v) is 5.73. The Morgan fingerprint density at radius 3 is 0.947 bits per heavy atom. The second-order valence-electron chi connectivity index (χ2n) is 5.73. The van der Waals surface area contributed by atoms with Gasteiger partial charge in [0.05, 0.1) is 6.61 Å². The van der Waals surface area contributed by atoms with Gasteiger partial charge in [0.25, 0.3) is 0 Å². The van der Waals surface area contributed by atoms with Crippen molar-refractivity contribution in [1.82, 2.24) is 0 Å². The minimum Gasteiger partial charge on any atom is -0.396 e. The van der Waals surface area contributed by atoms with Gasteiger partial charge < -0.3 is 5.11 Å². The summed E-state index contributed by atoms with van der Waals surface area (Å²) in [6.45, 7) is 0.469. The predicted octanol–water partition coefficient (Wildman–Crippen LogP) is 5.26. The number of unbranched alkanes of at least 4 members (excludes halogenated alkanes) is 14. The highest BCUT2D eigenvalue weighted by molar-refractivity contribution is 4.49. The lowest BCUT2D eigenvalue weighted by Crippen LogP contribution is -1.85. The first-order chi connectivity index (χ1) is 9.41. The van der Waals surface area contributed by atoms with E-state index >= 15 is 0 Å². The van der Waals surface area contributed by atoms with Crippen molar-refractivity contribution in [3.63, 3.8) is 0 Å².